The molecule has 8 rings (SSSR count). The van der Waals surface area contributed by atoms with Gasteiger partial charge in [0.05, 0.1) is 5.52 Å². The van der Waals surface area contributed by atoms with Crippen LogP contribution in [0.4, 0.5) is 0 Å². The average Bonchev–Trinajstić information content (AvgIpc) is 3.45. The molecule has 0 saturated heterocycles. The molecule has 0 aliphatic rings. The first-order valence-corrected chi connectivity index (χ1v) is 13.5. The molecule has 0 fully saturated rings. The van der Waals surface area contributed by atoms with E-state index in [4.69, 9.17) is 24.4 Å². The Kier molecular flexibility index (Phi) is 5.38. The largest absolute Gasteiger partial charge is 0.454 e. The van der Waals surface area contributed by atoms with Gasteiger partial charge in [-0.2, -0.15) is 0 Å². The lowest BCUT2D eigenvalue weighted by Crippen LogP contribution is -2.00. The lowest BCUT2D eigenvalue weighted by atomic mass is 10.0. The topological polar surface area (TPSA) is 64.7 Å². The zero-order chi connectivity index (χ0) is 27.2. The van der Waals surface area contributed by atoms with E-state index in [-0.39, 0.29) is 0 Å². The molecule has 5 nitrogen and oxygen atoms in total. The Morgan fingerprint density at radius 3 is 1.51 bits per heavy atom. The minimum atomic E-state index is 0.615. The van der Waals surface area contributed by atoms with Crippen LogP contribution in [0, 0.1) is 0 Å². The number of hydrogen-bond acceptors (Lipinski definition) is 5. The first kappa shape index (κ1) is 23.2. The van der Waals surface area contributed by atoms with Crippen LogP contribution in [-0.4, -0.2) is 19.9 Å². The summed E-state index contributed by atoms with van der Waals surface area (Å²) in [6, 6.07) is 44.6. The lowest BCUT2D eigenvalue weighted by molar-refractivity contribution is 0.669. The van der Waals surface area contributed by atoms with Crippen molar-refractivity contribution in [3.05, 3.63) is 133 Å². The van der Waals surface area contributed by atoms with Crippen LogP contribution in [0.3, 0.4) is 0 Å². The number of benzene rings is 5. The van der Waals surface area contributed by atoms with E-state index in [0.29, 0.717) is 17.5 Å². The maximum Gasteiger partial charge on any atom is 0.164 e. The van der Waals surface area contributed by atoms with E-state index in [1.54, 1.807) is 0 Å². The van der Waals surface area contributed by atoms with Gasteiger partial charge in [-0.05, 0) is 12.1 Å². The molecule has 0 N–H and O–H groups in total. The van der Waals surface area contributed by atoms with Crippen LogP contribution in [-0.2, 0) is 0 Å². The van der Waals surface area contributed by atoms with Crippen LogP contribution in [0.25, 0.3) is 78.3 Å². The van der Waals surface area contributed by atoms with E-state index in [9.17, 15) is 0 Å². The predicted molar refractivity (Wildman–Crippen MR) is 164 cm³/mol. The Morgan fingerprint density at radius 2 is 0.878 bits per heavy atom. The smallest absolute Gasteiger partial charge is 0.164 e. The van der Waals surface area contributed by atoms with Crippen molar-refractivity contribution in [3.8, 4) is 45.4 Å². The molecular weight excluding hydrogens is 504 g/mol. The monoisotopic (exact) mass is 526 g/mol. The third-order valence-electron chi connectivity index (χ3n) is 7.33. The summed E-state index contributed by atoms with van der Waals surface area (Å²) < 4.78 is 6.39. The minimum absolute atomic E-state index is 0.615. The third-order valence-corrected chi connectivity index (χ3v) is 7.33. The molecule has 3 aromatic heterocycles. The van der Waals surface area contributed by atoms with E-state index in [2.05, 4.69) is 30.3 Å². The molecule has 5 heteroatoms. The molecule has 0 radical (unpaired) electrons. The van der Waals surface area contributed by atoms with Crippen LogP contribution in [0.2, 0.25) is 0 Å². The van der Waals surface area contributed by atoms with Crippen molar-refractivity contribution in [1.82, 2.24) is 19.9 Å². The second-order valence-corrected chi connectivity index (χ2v) is 9.90. The van der Waals surface area contributed by atoms with Crippen molar-refractivity contribution in [2.24, 2.45) is 0 Å². The van der Waals surface area contributed by atoms with Gasteiger partial charge < -0.3 is 4.42 Å². The quantitative estimate of drug-likeness (QED) is 0.229. The SMILES string of the molecule is c1ccc(-c2nc(-c3ccccc3)nc(-c3ccc(-c4nc5ccccc5c5c4oc4ccccc45)cc3)n2)cc1. The minimum Gasteiger partial charge on any atom is -0.454 e. The highest BCUT2D eigenvalue weighted by atomic mass is 16.3. The van der Waals surface area contributed by atoms with E-state index >= 15 is 0 Å². The molecule has 192 valence electrons. The van der Waals surface area contributed by atoms with E-state index in [1.807, 2.05) is 103 Å². The zero-order valence-corrected chi connectivity index (χ0v) is 21.9. The van der Waals surface area contributed by atoms with Gasteiger partial charge in [0, 0.05) is 38.4 Å². The molecule has 0 spiro atoms. The van der Waals surface area contributed by atoms with Gasteiger partial charge in [0.1, 0.15) is 11.3 Å². The highest BCUT2D eigenvalue weighted by molar-refractivity contribution is 6.20. The van der Waals surface area contributed by atoms with Gasteiger partial charge in [0.2, 0.25) is 0 Å². The lowest BCUT2D eigenvalue weighted by Gasteiger charge is -2.09. The Hall–Kier alpha value is -5.68. The van der Waals surface area contributed by atoms with Gasteiger partial charge in [0.15, 0.2) is 23.1 Å². The summed E-state index contributed by atoms with van der Waals surface area (Å²) in [7, 11) is 0. The summed E-state index contributed by atoms with van der Waals surface area (Å²) in [5.74, 6) is 1.89. The average molecular weight is 527 g/mol. The number of hydrogen-bond donors (Lipinski definition) is 0. The summed E-state index contributed by atoms with van der Waals surface area (Å²) in [5.41, 5.74) is 7.13. The molecule has 0 aliphatic carbocycles. The van der Waals surface area contributed by atoms with Crippen molar-refractivity contribution < 1.29 is 4.42 Å². The molecule has 3 heterocycles. The number of para-hydroxylation sites is 2. The Bertz CT molecular complexity index is 2130. The van der Waals surface area contributed by atoms with Gasteiger partial charge in [0.25, 0.3) is 0 Å². The summed E-state index contributed by atoms with van der Waals surface area (Å²) in [4.78, 5) is 19.6. The second-order valence-electron chi connectivity index (χ2n) is 9.90. The number of fused-ring (bicyclic) bond motifs is 5. The fraction of sp³-hybridized carbons (Fsp3) is 0. The molecule has 0 atom stereocenters. The van der Waals surface area contributed by atoms with Crippen LogP contribution in [0.15, 0.2) is 138 Å². The number of nitrogens with zero attached hydrogens (tertiary/aromatic N) is 4. The first-order valence-electron chi connectivity index (χ1n) is 13.5. The molecule has 41 heavy (non-hydrogen) atoms. The summed E-state index contributed by atoms with van der Waals surface area (Å²) in [6.45, 7) is 0. The van der Waals surface area contributed by atoms with Gasteiger partial charge in [-0.1, -0.05) is 121 Å². The van der Waals surface area contributed by atoms with Crippen molar-refractivity contribution in [2.75, 3.05) is 0 Å². The van der Waals surface area contributed by atoms with Gasteiger partial charge >= 0.3 is 0 Å². The summed E-state index contributed by atoms with van der Waals surface area (Å²) in [5, 5.41) is 3.26. The van der Waals surface area contributed by atoms with Crippen molar-refractivity contribution in [3.63, 3.8) is 0 Å². The van der Waals surface area contributed by atoms with Crippen LogP contribution in [0.5, 0.6) is 0 Å². The molecule has 5 aromatic carbocycles. The highest BCUT2D eigenvalue weighted by Gasteiger charge is 2.18. The molecule has 0 amide bonds. The number of furan rings is 1. The fourth-order valence-electron chi connectivity index (χ4n) is 5.34. The Morgan fingerprint density at radius 1 is 0.390 bits per heavy atom. The standard InChI is InChI=1S/C36H22N4O/c1-3-11-24(12-4-1)34-38-35(25-13-5-2-6-14-25)40-36(39-34)26-21-19-23(20-22-26)32-33-31(27-15-7-9-17-29(27)37-32)28-16-8-10-18-30(28)41-33/h1-22H. The highest BCUT2D eigenvalue weighted by Crippen LogP contribution is 2.39. The maximum absolute atomic E-state index is 6.39. The maximum atomic E-state index is 6.39. The normalized spacial score (nSPS) is 11.4. The van der Waals surface area contributed by atoms with Gasteiger partial charge in [-0.25, -0.2) is 19.9 Å². The Balaban J connectivity index is 1.28. The molecular formula is C36H22N4O. The number of rotatable bonds is 4. The first-order chi connectivity index (χ1) is 20.3. The van der Waals surface area contributed by atoms with Crippen LogP contribution >= 0.6 is 0 Å². The van der Waals surface area contributed by atoms with Crippen LogP contribution < -0.4 is 0 Å². The van der Waals surface area contributed by atoms with Crippen molar-refractivity contribution >= 4 is 32.8 Å². The van der Waals surface area contributed by atoms with E-state index in [0.717, 1.165) is 60.8 Å². The van der Waals surface area contributed by atoms with Crippen molar-refractivity contribution in [2.45, 2.75) is 0 Å². The van der Waals surface area contributed by atoms with E-state index < -0.39 is 0 Å². The van der Waals surface area contributed by atoms with Crippen LogP contribution in [0.1, 0.15) is 0 Å². The van der Waals surface area contributed by atoms with Crippen molar-refractivity contribution in [1.29, 1.82) is 0 Å². The molecule has 8 aromatic rings. The third kappa shape index (κ3) is 4.03. The van der Waals surface area contributed by atoms with Gasteiger partial charge in [-0.15, -0.1) is 0 Å². The molecule has 0 bridgehead atoms. The molecule has 0 saturated carbocycles. The number of aromatic nitrogens is 4. The summed E-state index contributed by atoms with van der Waals surface area (Å²) in [6.07, 6.45) is 0. The second kappa shape index (κ2) is 9.50. The predicted octanol–water partition coefficient (Wildman–Crippen LogP) is 8.99. The summed E-state index contributed by atoms with van der Waals surface area (Å²) >= 11 is 0. The van der Waals surface area contributed by atoms with Gasteiger partial charge in [-0.3, -0.25) is 0 Å². The zero-order valence-electron chi connectivity index (χ0n) is 21.9. The fourth-order valence-corrected chi connectivity index (χ4v) is 5.34. The number of pyridine rings is 1. The molecule has 0 unspecified atom stereocenters. The Labute approximate surface area is 235 Å². The van der Waals surface area contributed by atoms with E-state index in [1.165, 1.54) is 0 Å². The molecule has 0 aliphatic heterocycles.